The average molecular weight is 553 g/mol. The van der Waals surface area contributed by atoms with Crippen LogP contribution in [0.15, 0.2) is 52.9 Å². The number of carbonyl (C=O) groups excluding carboxylic acids is 1. The first kappa shape index (κ1) is 35.9. The zero-order valence-electron chi connectivity index (χ0n) is 20.6. The van der Waals surface area contributed by atoms with Crippen molar-refractivity contribution in [2.24, 2.45) is 9.54 Å². The van der Waals surface area contributed by atoms with Crippen LogP contribution < -0.4 is 5.14 Å². The van der Waals surface area contributed by atoms with E-state index in [2.05, 4.69) is 4.40 Å². The number of Topliss-reactive ketones (excluding diaryl/α,β-unsaturated/α-hetero) is 1. The first-order chi connectivity index (χ1) is 16.1. The van der Waals surface area contributed by atoms with Gasteiger partial charge in [-0.3, -0.25) is 9.93 Å². The maximum absolute atomic E-state index is 13.4. The summed E-state index contributed by atoms with van der Waals surface area (Å²) in [7, 11) is -2.78. The minimum atomic E-state index is -1.59. The zero-order chi connectivity index (χ0) is 27.4. The molecule has 204 valence electrons. The summed E-state index contributed by atoms with van der Waals surface area (Å²) >= 11 is 0. The Bertz CT molecular complexity index is 1050. The summed E-state index contributed by atoms with van der Waals surface area (Å²) < 4.78 is 75.7. The normalized spacial score (nSPS) is 13.1. The third kappa shape index (κ3) is 13.2. The molecule has 0 aliphatic rings. The molecule has 0 radical (unpaired) electrons. The molecule has 5 nitrogen and oxygen atoms in total. The van der Waals surface area contributed by atoms with Crippen molar-refractivity contribution >= 4 is 33.5 Å². The number of halogens is 4. The van der Waals surface area contributed by atoms with Crippen LogP contribution >= 0.6 is 0 Å². The number of rotatable bonds is 5. The molecular weight excluding hydrogens is 516 g/mol. The van der Waals surface area contributed by atoms with E-state index in [9.17, 15) is 30.8 Å². The van der Waals surface area contributed by atoms with E-state index in [0.717, 1.165) is 6.07 Å². The number of ketones is 1. The molecule has 0 spiro atoms. The lowest BCUT2D eigenvalue weighted by Gasteiger charge is -2.14. The summed E-state index contributed by atoms with van der Waals surface area (Å²) in [5, 5.41) is 5.04. The highest BCUT2D eigenvalue weighted by molar-refractivity contribution is 7.85. The van der Waals surface area contributed by atoms with Gasteiger partial charge in [-0.05, 0) is 59.7 Å². The van der Waals surface area contributed by atoms with Crippen LogP contribution in [0.25, 0.3) is 0 Å². The standard InChI is InChI=1S/C12H15F2NOS.C8H6F2O.C4H11NOS.CH4/c1-12(2,3)17(16)15-11(8-13)9-6-4-5-7-10(9)14;9-5-8(11)6-3-1-2-4-7(6)10;1-4(2,3)7(5)6;/h4-7H,8H2,1-3H3;1-4H,5H2;5H2,1-3H3;1H4/t17-;;7-;/m1.1./s1. The summed E-state index contributed by atoms with van der Waals surface area (Å²) in [6.45, 7) is 8.59. The summed E-state index contributed by atoms with van der Waals surface area (Å²) in [6.07, 6.45) is 0. The molecule has 0 heterocycles. The van der Waals surface area contributed by atoms with Gasteiger partial charge in [-0.15, -0.1) is 0 Å². The molecule has 2 atom stereocenters. The van der Waals surface area contributed by atoms with Gasteiger partial charge in [0.1, 0.15) is 29.3 Å². The van der Waals surface area contributed by atoms with Gasteiger partial charge in [-0.1, -0.05) is 37.8 Å². The van der Waals surface area contributed by atoms with E-state index in [1.165, 1.54) is 36.4 Å². The van der Waals surface area contributed by atoms with Gasteiger partial charge < -0.3 is 0 Å². The fraction of sp³-hybridized carbons (Fsp3) is 0.440. The third-order valence-corrected chi connectivity index (χ3v) is 6.57. The smallest absolute Gasteiger partial charge is 0.196 e. The van der Waals surface area contributed by atoms with Gasteiger partial charge in [-0.2, -0.15) is 4.40 Å². The van der Waals surface area contributed by atoms with Gasteiger partial charge in [0.25, 0.3) is 0 Å². The van der Waals surface area contributed by atoms with Crippen molar-refractivity contribution in [3.8, 4) is 0 Å². The van der Waals surface area contributed by atoms with Crippen LogP contribution in [-0.4, -0.2) is 42.8 Å². The quantitative estimate of drug-likeness (QED) is 0.277. The van der Waals surface area contributed by atoms with Gasteiger partial charge in [0.15, 0.2) is 12.5 Å². The Labute approximate surface area is 216 Å². The van der Waals surface area contributed by atoms with E-state index in [-0.39, 0.29) is 29.0 Å². The summed E-state index contributed by atoms with van der Waals surface area (Å²) in [5.41, 5.74) is -0.237. The maximum Gasteiger partial charge on any atom is 0.196 e. The van der Waals surface area contributed by atoms with Crippen molar-refractivity contribution in [3.05, 3.63) is 71.3 Å². The van der Waals surface area contributed by atoms with Crippen LogP contribution in [-0.2, 0) is 22.0 Å². The second kappa shape index (κ2) is 16.5. The Balaban J connectivity index is 0. The molecular formula is C25H36F4N2O3S2. The molecule has 0 aliphatic heterocycles. The molecule has 0 bridgehead atoms. The number of hydrogen-bond donors (Lipinski definition) is 1. The molecule has 11 heteroatoms. The molecule has 0 aromatic heterocycles. The van der Waals surface area contributed by atoms with Crippen molar-refractivity contribution in [1.29, 1.82) is 0 Å². The first-order valence-electron chi connectivity index (χ1n) is 10.4. The minimum Gasteiger partial charge on any atom is -0.291 e. The van der Waals surface area contributed by atoms with Crippen molar-refractivity contribution in [1.82, 2.24) is 0 Å². The monoisotopic (exact) mass is 552 g/mol. The van der Waals surface area contributed by atoms with E-state index in [4.69, 9.17) is 5.14 Å². The molecule has 2 rings (SSSR count). The zero-order valence-corrected chi connectivity index (χ0v) is 22.2. The predicted molar refractivity (Wildman–Crippen MR) is 142 cm³/mol. The molecule has 0 fully saturated rings. The Morgan fingerprint density at radius 1 is 0.806 bits per heavy atom. The van der Waals surface area contributed by atoms with E-state index >= 15 is 0 Å². The maximum atomic E-state index is 13.4. The molecule has 2 aromatic rings. The van der Waals surface area contributed by atoms with Gasteiger partial charge in [0, 0.05) is 5.56 Å². The Kier molecular flexibility index (Phi) is 16.5. The van der Waals surface area contributed by atoms with Crippen molar-refractivity contribution < 1.29 is 30.8 Å². The number of nitrogens with zero attached hydrogens (tertiary/aromatic N) is 1. The summed E-state index contributed by atoms with van der Waals surface area (Å²) in [6, 6.07) is 11.1. The predicted octanol–water partition coefficient (Wildman–Crippen LogP) is 6.07. The van der Waals surface area contributed by atoms with E-state index in [0.29, 0.717) is 0 Å². The fourth-order valence-corrected chi connectivity index (χ4v) is 2.46. The van der Waals surface area contributed by atoms with Crippen LogP contribution in [0.3, 0.4) is 0 Å². The lowest BCUT2D eigenvalue weighted by Crippen LogP contribution is -2.27. The highest BCUT2D eigenvalue weighted by Gasteiger charge is 2.21. The molecule has 2 N–H and O–H groups in total. The average Bonchev–Trinajstić information content (AvgIpc) is 2.77. The number of benzene rings is 2. The van der Waals surface area contributed by atoms with Crippen molar-refractivity contribution in [2.45, 2.75) is 58.5 Å². The molecule has 0 amide bonds. The lowest BCUT2D eigenvalue weighted by molar-refractivity contribution is 0.0954. The van der Waals surface area contributed by atoms with Crippen LogP contribution in [0.5, 0.6) is 0 Å². The highest BCUT2D eigenvalue weighted by Crippen LogP contribution is 2.16. The topological polar surface area (TPSA) is 89.6 Å². The van der Waals surface area contributed by atoms with E-state index < -0.39 is 57.5 Å². The highest BCUT2D eigenvalue weighted by atomic mass is 32.2. The van der Waals surface area contributed by atoms with Crippen molar-refractivity contribution in [2.75, 3.05) is 13.3 Å². The van der Waals surface area contributed by atoms with Crippen LogP contribution in [0.2, 0.25) is 0 Å². The largest absolute Gasteiger partial charge is 0.291 e. The van der Waals surface area contributed by atoms with E-state index in [1.54, 1.807) is 26.8 Å². The lowest BCUT2D eigenvalue weighted by atomic mass is 10.1. The number of nitrogens with two attached hydrogens (primary N) is 1. The van der Waals surface area contributed by atoms with Crippen LogP contribution in [0.1, 0.15) is 64.9 Å². The fourth-order valence-electron chi connectivity index (χ4n) is 1.84. The van der Waals surface area contributed by atoms with Gasteiger partial charge in [0.2, 0.25) is 0 Å². The Hall–Kier alpha value is -2.24. The van der Waals surface area contributed by atoms with Crippen LogP contribution in [0.4, 0.5) is 17.6 Å². The Morgan fingerprint density at radius 3 is 1.50 bits per heavy atom. The third-order valence-electron chi connectivity index (χ3n) is 3.93. The number of alkyl halides is 2. The van der Waals surface area contributed by atoms with E-state index in [1.807, 2.05) is 20.8 Å². The summed E-state index contributed by atoms with van der Waals surface area (Å²) in [5.74, 6) is -2.05. The van der Waals surface area contributed by atoms with Crippen LogP contribution in [0, 0.1) is 11.6 Å². The second-order valence-electron chi connectivity index (χ2n) is 8.96. The first-order valence-corrected chi connectivity index (χ1v) is 12.7. The molecule has 2 aromatic carbocycles. The molecule has 36 heavy (non-hydrogen) atoms. The number of carbonyl (C=O) groups is 1. The SMILES string of the molecule is C.CC(C)(C)[S@@](=O)N=C(CF)c1ccccc1F.CC(C)(C)[S@](N)=O.O=C(CF)c1ccccc1F. The second-order valence-corrected chi connectivity index (χ2v) is 12.7. The van der Waals surface area contributed by atoms with Crippen molar-refractivity contribution in [3.63, 3.8) is 0 Å². The summed E-state index contributed by atoms with van der Waals surface area (Å²) in [4.78, 5) is 10.6. The molecule has 0 aliphatic carbocycles. The number of hydrogen-bond acceptors (Lipinski definition) is 3. The van der Waals surface area contributed by atoms with Gasteiger partial charge >= 0.3 is 0 Å². The minimum absolute atomic E-state index is 0. The van der Waals surface area contributed by atoms with Gasteiger partial charge in [0.05, 0.1) is 31.8 Å². The Morgan fingerprint density at radius 2 is 1.19 bits per heavy atom. The molecule has 0 unspecified atom stereocenters. The molecule has 0 saturated carbocycles. The van der Waals surface area contributed by atoms with Gasteiger partial charge in [-0.25, -0.2) is 26.0 Å². The molecule has 0 saturated heterocycles.